The fourth-order valence-electron chi connectivity index (χ4n) is 2.42. The molecule has 2 aromatic rings. The van der Waals surface area contributed by atoms with E-state index in [9.17, 15) is 19.7 Å². The summed E-state index contributed by atoms with van der Waals surface area (Å²) in [4.78, 5) is 34.6. The molecular formula is C18H16Cl2N2O5. The Balaban J connectivity index is 1.99. The fourth-order valence-corrected chi connectivity index (χ4v) is 2.73. The van der Waals surface area contributed by atoms with Crippen LogP contribution in [0.2, 0.25) is 10.0 Å². The Morgan fingerprint density at radius 1 is 1.22 bits per heavy atom. The Hall–Kier alpha value is -2.64. The van der Waals surface area contributed by atoms with Gasteiger partial charge in [-0.05, 0) is 37.6 Å². The van der Waals surface area contributed by atoms with Crippen LogP contribution < -0.4 is 5.32 Å². The number of esters is 1. The van der Waals surface area contributed by atoms with E-state index in [2.05, 4.69) is 5.32 Å². The molecule has 0 aliphatic rings. The summed E-state index contributed by atoms with van der Waals surface area (Å²) < 4.78 is 4.91. The molecule has 1 atom stereocenters. The summed E-state index contributed by atoms with van der Waals surface area (Å²) in [6.07, 6.45) is 0. The number of nitro groups is 1. The van der Waals surface area contributed by atoms with Crippen molar-refractivity contribution in [2.24, 2.45) is 0 Å². The third-order valence-electron chi connectivity index (χ3n) is 3.80. The van der Waals surface area contributed by atoms with Crippen LogP contribution in [0.25, 0.3) is 0 Å². The van der Waals surface area contributed by atoms with E-state index in [4.69, 9.17) is 27.9 Å². The number of rotatable bonds is 6. The third kappa shape index (κ3) is 5.18. The monoisotopic (exact) mass is 410 g/mol. The zero-order chi connectivity index (χ0) is 20.1. The second-order valence-corrected chi connectivity index (χ2v) is 6.58. The van der Waals surface area contributed by atoms with Crippen LogP contribution in [0.3, 0.4) is 0 Å². The van der Waals surface area contributed by atoms with Gasteiger partial charge in [-0.1, -0.05) is 41.4 Å². The van der Waals surface area contributed by atoms with Gasteiger partial charge in [-0.3, -0.25) is 14.9 Å². The van der Waals surface area contributed by atoms with Crippen molar-refractivity contribution in [2.75, 3.05) is 6.61 Å². The first-order chi connectivity index (χ1) is 12.7. The number of hydrogen-bond acceptors (Lipinski definition) is 5. The van der Waals surface area contributed by atoms with Crippen molar-refractivity contribution in [2.45, 2.75) is 19.9 Å². The van der Waals surface area contributed by atoms with Crippen LogP contribution in [-0.2, 0) is 9.53 Å². The number of aryl methyl sites for hydroxylation is 1. The minimum Gasteiger partial charge on any atom is -0.452 e. The van der Waals surface area contributed by atoms with Gasteiger partial charge in [0, 0.05) is 5.56 Å². The quantitative estimate of drug-likeness (QED) is 0.436. The number of carbonyl (C=O) groups excluding carboxylic acids is 2. The van der Waals surface area contributed by atoms with Crippen LogP contribution in [0.15, 0.2) is 36.4 Å². The van der Waals surface area contributed by atoms with Crippen LogP contribution in [0.5, 0.6) is 0 Å². The number of para-hydroxylation sites is 1. The molecule has 0 radical (unpaired) electrons. The van der Waals surface area contributed by atoms with Gasteiger partial charge in [0.25, 0.3) is 11.6 Å². The average molecular weight is 411 g/mol. The van der Waals surface area contributed by atoms with Gasteiger partial charge in [-0.15, -0.1) is 0 Å². The maximum atomic E-state index is 12.1. The predicted molar refractivity (Wildman–Crippen MR) is 101 cm³/mol. The summed E-state index contributed by atoms with van der Waals surface area (Å²) in [6.45, 7) is 2.67. The number of hydrogen-bond donors (Lipinski definition) is 1. The van der Waals surface area contributed by atoms with E-state index in [-0.39, 0.29) is 11.3 Å². The highest BCUT2D eigenvalue weighted by molar-refractivity contribution is 6.42. The molecule has 7 nitrogen and oxygen atoms in total. The average Bonchev–Trinajstić information content (AvgIpc) is 2.61. The zero-order valence-corrected chi connectivity index (χ0v) is 16.0. The molecule has 0 aromatic heterocycles. The standard InChI is InChI=1S/C18H16Cl2N2O5/c1-10-4-3-5-13(17(10)22(25)26)18(24)27-9-16(23)21-11(2)12-6-7-14(19)15(20)8-12/h3-8,11H,9H2,1-2H3,(H,21,23)/t11-/m0/s1. The molecular weight excluding hydrogens is 395 g/mol. The lowest BCUT2D eigenvalue weighted by molar-refractivity contribution is -0.385. The van der Waals surface area contributed by atoms with E-state index >= 15 is 0 Å². The summed E-state index contributed by atoms with van der Waals surface area (Å²) in [5.41, 5.74) is 0.503. The lowest BCUT2D eigenvalue weighted by Gasteiger charge is -2.15. The van der Waals surface area contributed by atoms with E-state index in [0.717, 1.165) is 5.56 Å². The number of benzene rings is 2. The molecule has 2 aromatic carbocycles. The molecule has 0 aliphatic carbocycles. The van der Waals surface area contributed by atoms with Crippen molar-refractivity contribution < 1.29 is 19.2 Å². The van der Waals surface area contributed by atoms with Gasteiger partial charge in [-0.2, -0.15) is 0 Å². The van der Waals surface area contributed by atoms with E-state index < -0.39 is 29.4 Å². The van der Waals surface area contributed by atoms with Crippen LogP contribution in [-0.4, -0.2) is 23.4 Å². The minimum atomic E-state index is -0.942. The number of amides is 1. The van der Waals surface area contributed by atoms with E-state index in [0.29, 0.717) is 15.6 Å². The van der Waals surface area contributed by atoms with Crippen molar-refractivity contribution >= 4 is 40.8 Å². The Labute approximate surface area is 165 Å². The van der Waals surface area contributed by atoms with E-state index in [1.807, 2.05) is 0 Å². The first kappa shape index (κ1) is 20.7. The van der Waals surface area contributed by atoms with Crippen molar-refractivity contribution in [1.82, 2.24) is 5.32 Å². The van der Waals surface area contributed by atoms with Crippen LogP contribution in [0, 0.1) is 17.0 Å². The predicted octanol–water partition coefficient (Wildman–Crippen LogP) is 4.24. The highest BCUT2D eigenvalue weighted by Gasteiger charge is 2.24. The minimum absolute atomic E-state index is 0.203. The highest BCUT2D eigenvalue weighted by atomic mass is 35.5. The molecule has 1 amide bonds. The molecule has 0 aliphatic heterocycles. The number of nitrogens with zero attached hydrogens (tertiary/aromatic N) is 1. The first-order valence-electron chi connectivity index (χ1n) is 7.86. The molecule has 0 spiro atoms. The van der Waals surface area contributed by atoms with Gasteiger partial charge in [0.2, 0.25) is 0 Å². The summed E-state index contributed by atoms with van der Waals surface area (Å²) in [5, 5.41) is 14.5. The number of nitrogens with one attached hydrogen (secondary N) is 1. The Morgan fingerprint density at radius 2 is 1.93 bits per heavy atom. The Morgan fingerprint density at radius 3 is 2.56 bits per heavy atom. The number of nitro benzene ring substituents is 1. The SMILES string of the molecule is Cc1cccc(C(=O)OCC(=O)N[C@@H](C)c2ccc(Cl)c(Cl)c2)c1[N+](=O)[O-]. The number of ether oxygens (including phenoxy) is 1. The molecule has 0 saturated carbocycles. The lowest BCUT2D eigenvalue weighted by Crippen LogP contribution is -2.31. The van der Waals surface area contributed by atoms with Gasteiger partial charge >= 0.3 is 5.97 Å². The van der Waals surface area contributed by atoms with Crippen LogP contribution in [0.4, 0.5) is 5.69 Å². The lowest BCUT2D eigenvalue weighted by atomic mass is 10.1. The largest absolute Gasteiger partial charge is 0.452 e. The van der Waals surface area contributed by atoms with E-state index in [1.54, 1.807) is 25.1 Å². The molecule has 9 heteroatoms. The summed E-state index contributed by atoms with van der Waals surface area (Å²) in [7, 11) is 0. The molecule has 0 fully saturated rings. The van der Waals surface area contributed by atoms with Gasteiger partial charge in [-0.25, -0.2) is 4.79 Å². The maximum Gasteiger partial charge on any atom is 0.345 e. The third-order valence-corrected chi connectivity index (χ3v) is 4.53. The Kier molecular flexibility index (Phi) is 6.76. The van der Waals surface area contributed by atoms with Crippen molar-refractivity contribution in [3.63, 3.8) is 0 Å². The number of halogens is 2. The normalized spacial score (nSPS) is 11.6. The Bertz CT molecular complexity index is 901. The first-order valence-corrected chi connectivity index (χ1v) is 8.61. The summed E-state index contributed by atoms with van der Waals surface area (Å²) in [5.74, 6) is -1.50. The zero-order valence-electron chi connectivity index (χ0n) is 14.5. The van der Waals surface area contributed by atoms with Gasteiger partial charge in [0.1, 0.15) is 5.56 Å². The van der Waals surface area contributed by atoms with Crippen molar-refractivity contribution in [1.29, 1.82) is 0 Å². The molecule has 0 heterocycles. The van der Waals surface area contributed by atoms with Gasteiger partial charge in [0.05, 0.1) is 21.0 Å². The van der Waals surface area contributed by atoms with Crippen LogP contribution >= 0.6 is 23.2 Å². The van der Waals surface area contributed by atoms with Gasteiger partial charge in [0.15, 0.2) is 6.61 Å². The maximum absolute atomic E-state index is 12.1. The van der Waals surface area contributed by atoms with Crippen molar-refractivity contribution in [3.8, 4) is 0 Å². The smallest absolute Gasteiger partial charge is 0.345 e. The molecule has 0 bridgehead atoms. The summed E-state index contributed by atoms with van der Waals surface area (Å²) >= 11 is 11.8. The molecule has 2 rings (SSSR count). The molecule has 142 valence electrons. The van der Waals surface area contributed by atoms with E-state index in [1.165, 1.54) is 25.1 Å². The second-order valence-electron chi connectivity index (χ2n) is 5.77. The number of carbonyl (C=O) groups is 2. The van der Waals surface area contributed by atoms with Gasteiger partial charge < -0.3 is 10.1 Å². The molecule has 1 N–H and O–H groups in total. The fraction of sp³-hybridized carbons (Fsp3) is 0.222. The van der Waals surface area contributed by atoms with Crippen LogP contribution in [0.1, 0.15) is 34.5 Å². The van der Waals surface area contributed by atoms with Crippen molar-refractivity contribution in [3.05, 3.63) is 73.2 Å². The highest BCUT2D eigenvalue weighted by Crippen LogP contribution is 2.26. The topological polar surface area (TPSA) is 98.5 Å². The molecule has 0 unspecified atom stereocenters. The second kappa shape index (κ2) is 8.83. The molecule has 0 saturated heterocycles. The summed E-state index contributed by atoms with van der Waals surface area (Å²) in [6, 6.07) is 8.84. The molecule has 27 heavy (non-hydrogen) atoms.